The van der Waals surface area contributed by atoms with E-state index in [0.717, 1.165) is 49.4 Å². The predicted molar refractivity (Wildman–Crippen MR) is 76.1 cm³/mol. The summed E-state index contributed by atoms with van der Waals surface area (Å²) < 4.78 is 2.05. The molecule has 1 aliphatic heterocycles. The summed E-state index contributed by atoms with van der Waals surface area (Å²) in [5.41, 5.74) is 3.28. The first-order valence-electron chi connectivity index (χ1n) is 7.29. The minimum Gasteiger partial charge on any atom is -0.342 e. The van der Waals surface area contributed by atoms with Crippen LogP contribution >= 0.6 is 0 Å². The summed E-state index contributed by atoms with van der Waals surface area (Å²) in [5.74, 6) is 0.827. The fraction of sp³-hybridized carbons (Fsp3) is 0.733. The fourth-order valence-electron chi connectivity index (χ4n) is 2.74. The monoisotopic (exact) mass is 263 g/mol. The van der Waals surface area contributed by atoms with Crippen LogP contribution in [0.15, 0.2) is 0 Å². The smallest absolute Gasteiger partial charge is 0.227 e. The molecule has 0 N–H and O–H groups in total. The standard InChI is InChI=1S/C15H25N3O/c1-11(2)10-18-13(4)14(12(3)16-18)9-15(19)17-7-5-6-8-17/h11H,5-10H2,1-4H3. The molecule has 1 saturated heterocycles. The van der Waals surface area contributed by atoms with Crippen molar-refractivity contribution < 1.29 is 4.79 Å². The molecule has 4 heteroatoms. The molecule has 2 heterocycles. The van der Waals surface area contributed by atoms with Gasteiger partial charge in [-0.3, -0.25) is 9.48 Å². The number of hydrogen-bond acceptors (Lipinski definition) is 2. The molecule has 1 amide bonds. The van der Waals surface area contributed by atoms with E-state index >= 15 is 0 Å². The van der Waals surface area contributed by atoms with Crippen LogP contribution in [0.1, 0.15) is 43.6 Å². The topological polar surface area (TPSA) is 38.1 Å². The maximum Gasteiger partial charge on any atom is 0.227 e. The number of amides is 1. The molecule has 1 fully saturated rings. The van der Waals surface area contributed by atoms with Crippen molar-refractivity contribution in [1.29, 1.82) is 0 Å². The van der Waals surface area contributed by atoms with Crippen molar-refractivity contribution in [1.82, 2.24) is 14.7 Å². The highest BCUT2D eigenvalue weighted by Gasteiger charge is 2.21. The predicted octanol–water partition coefficient (Wildman–Crippen LogP) is 2.32. The van der Waals surface area contributed by atoms with Gasteiger partial charge in [0.05, 0.1) is 12.1 Å². The Bertz CT molecular complexity index is 456. The van der Waals surface area contributed by atoms with E-state index in [-0.39, 0.29) is 5.91 Å². The van der Waals surface area contributed by atoms with Crippen molar-refractivity contribution in [3.63, 3.8) is 0 Å². The van der Waals surface area contributed by atoms with Crippen molar-refractivity contribution >= 4 is 5.91 Å². The Balaban J connectivity index is 2.11. The number of rotatable bonds is 4. The van der Waals surface area contributed by atoms with Crippen LogP contribution in [-0.4, -0.2) is 33.7 Å². The molecule has 0 spiro atoms. The average molecular weight is 263 g/mol. The largest absolute Gasteiger partial charge is 0.342 e. The van der Waals surface area contributed by atoms with Gasteiger partial charge >= 0.3 is 0 Å². The van der Waals surface area contributed by atoms with Gasteiger partial charge in [0.1, 0.15) is 0 Å². The first kappa shape index (κ1) is 14.1. The number of carbonyl (C=O) groups is 1. The Morgan fingerprint density at radius 3 is 2.47 bits per heavy atom. The summed E-state index contributed by atoms with van der Waals surface area (Å²) in [6.45, 7) is 11.2. The summed E-state index contributed by atoms with van der Waals surface area (Å²) in [5, 5.41) is 4.58. The Morgan fingerprint density at radius 2 is 1.89 bits per heavy atom. The van der Waals surface area contributed by atoms with Gasteiger partial charge in [0.2, 0.25) is 5.91 Å². The third-order valence-electron chi connectivity index (χ3n) is 3.86. The molecule has 2 rings (SSSR count). The Kier molecular flexibility index (Phi) is 4.27. The van der Waals surface area contributed by atoms with E-state index in [2.05, 4.69) is 25.9 Å². The fourth-order valence-corrected chi connectivity index (χ4v) is 2.74. The quantitative estimate of drug-likeness (QED) is 0.836. The lowest BCUT2D eigenvalue weighted by atomic mass is 10.1. The highest BCUT2D eigenvalue weighted by atomic mass is 16.2. The third-order valence-corrected chi connectivity index (χ3v) is 3.86. The number of hydrogen-bond donors (Lipinski definition) is 0. The highest BCUT2D eigenvalue weighted by molar-refractivity contribution is 5.79. The van der Waals surface area contributed by atoms with Crippen LogP contribution in [0.3, 0.4) is 0 Å². The molecule has 0 aliphatic carbocycles. The molecule has 19 heavy (non-hydrogen) atoms. The van der Waals surface area contributed by atoms with Gasteiger partial charge in [-0.2, -0.15) is 5.10 Å². The van der Waals surface area contributed by atoms with Gasteiger partial charge in [-0.15, -0.1) is 0 Å². The average Bonchev–Trinajstić information content (AvgIpc) is 2.93. The molecular formula is C15H25N3O. The van der Waals surface area contributed by atoms with Crippen LogP contribution in [0.25, 0.3) is 0 Å². The SMILES string of the molecule is Cc1nn(CC(C)C)c(C)c1CC(=O)N1CCCC1. The first-order valence-corrected chi connectivity index (χ1v) is 7.29. The Morgan fingerprint density at radius 1 is 1.26 bits per heavy atom. The number of nitrogens with zero attached hydrogens (tertiary/aromatic N) is 3. The van der Waals surface area contributed by atoms with Crippen LogP contribution in [0.4, 0.5) is 0 Å². The van der Waals surface area contributed by atoms with E-state index in [1.54, 1.807) is 0 Å². The molecule has 0 bridgehead atoms. The van der Waals surface area contributed by atoms with Crippen molar-refractivity contribution in [2.75, 3.05) is 13.1 Å². The van der Waals surface area contributed by atoms with Crippen molar-refractivity contribution in [3.8, 4) is 0 Å². The summed E-state index contributed by atoms with van der Waals surface area (Å²) in [6, 6.07) is 0. The number of aromatic nitrogens is 2. The molecule has 1 aromatic rings. The van der Waals surface area contributed by atoms with Gasteiger partial charge in [0, 0.05) is 30.9 Å². The molecule has 0 unspecified atom stereocenters. The zero-order valence-electron chi connectivity index (χ0n) is 12.6. The zero-order valence-corrected chi connectivity index (χ0v) is 12.6. The minimum atomic E-state index is 0.257. The van der Waals surface area contributed by atoms with E-state index in [4.69, 9.17) is 0 Å². The molecule has 0 atom stereocenters. The van der Waals surface area contributed by atoms with Gasteiger partial charge in [-0.25, -0.2) is 0 Å². The molecule has 4 nitrogen and oxygen atoms in total. The second kappa shape index (κ2) is 5.76. The van der Waals surface area contributed by atoms with Crippen LogP contribution in [0, 0.1) is 19.8 Å². The number of carbonyl (C=O) groups excluding carboxylic acids is 1. The second-order valence-electron chi connectivity index (χ2n) is 5.99. The van der Waals surface area contributed by atoms with Crippen LogP contribution in [-0.2, 0) is 17.8 Å². The Hall–Kier alpha value is -1.32. The van der Waals surface area contributed by atoms with Gasteiger partial charge in [0.25, 0.3) is 0 Å². The first-order chi connectivity index (χ1) is 8.99. The van der Waals surface area contributed by atoms with E-state index < -0.39 is 0 Å². The van der Waals surface area contributed by atoms with E-state index in [1.165, 1.54) is 0 Å². The summed E-state index contributed by atoms with van der Waals surface area (Å²) in [7, 11) is 0. The van der Waals surface area contributed by atoms with Crippen molar-refractivity contribution in [2.24, 2.45) is 5.92 Å². The van der Waals surface area contributed by atoms with Gasteiger partial charge < -0.3 is 4.90 Å². The van der Waals surface area contributed by atoms with E-state index in [9.17, 15) is 4.79 Å². The second-order valence-corrected chi connectivity index (χ2v) is 5.99. The van der Waals surface area contributed by atoms with E-state index in [1.807, 2.05) is 16.5 Å². The molecule has 0 aromatic carbocycles. The molecule has 1 aromatic heterocycles. The van der Waals surface area contributed by atoms with Crippen molar-refractivity contribution in [3.05, 3.63) is 17.0 Å². The maximum absolute atomic E-state index is 12.2. The van der Waals surface area contributed by atoms with Crippen LogP contribution < -0.4 is 0 Å². The number of likely N-dealkylation sites (tertiary alicyclic amines) is 1. The van der Waals surface area contributed by atoms with Crippen LogP contribution in [0.2, 0.25) is 0 Å². The lowest BCUT2D eigenvalue weighted by Gasteiger charge is -2.15. The lowest BCUT2D eigenvalue weighted by molar-refractivity contribution is -0.129. The maximum atomic E-state index is 12.2. The Labute approximate surface area is 115 Å². The van der Waals surface area contributed by atoms with Crippen molar-refractivity contribution in [2.45, 2.75) is 53.5 Å². The lowest BCUT2D eigenvalue weighted by Crippen LogP contribution is -2.29. The normalized spacial score (nSPS) is 15.5. The van der Waals surface area contributed by atoms with Gasteiger partial charge in [-0.1, -0.05) is 13.8 Å². The number of aryl methyl sites for hydroxylation is 1. The minimum absolute atomic E-state index is 0.257. The third kappa shape index (κ3) is 3.17. The van der Waals surface area contributed by atoms with Crippen LogP contribution in [0.5, 0.6) is 0 Å². The molecule has 0 radical (unpaired) electrons. The van der Waals surface area contributed by atoms with E-state index in [0.29, 0.717) is 12.3 Å². The molecular weight excluding hydrogens is 238 g/mol. The zero-order chi connectivity index (χ0) is 14.0. The highest BCUT2D eigenvalue weighted by Crippen LogP contribution is 2.17. The summed E-state index contributed by atoms with van der Waals surface area (Å²) >= 11 is 0. The van der Waals surface area contributed by atoms with Gasteiger partial charge in [0.15, 0.2) is 0 Å². The summed E-state index contributed by atoms with van der Waals surface area (Å²) in [4.78, 5) is 14.2. The molecule has 1 aliphatic rings. The molecule has 106 valence electrons. The van der Waals surface area contributed by atoms with Gasteiger partial charge in [-0.05, 0) is 32.6 Å². The molecule has 0 saturated carbocycles. The summed E-state index contributed by atoms with van der Waals surface area (Å²) in [6.07, 6.45) is 2.81.